The number of ether oxygens (including phenoxy) is 1. The fourth-order valence-corrected chi connectivity index (χ4v) is 4.34. The molecule has 2 aromatic heterocycles. The Hall–Kier alpha value is -2.53. The predicted molar refractivity (Wildman–Crippen MR) is 118 cm³/mol. The van der Waals surface area contributed by atoms with Crippen molar-refractivity contribution in [3.05, 3.63) is 17.9 Å². The van der Waals surface area contributed by atoms with Crippen molar-refractivity contribution >= 4 is 59.9 Å². The minimum Gasteiger partial charge on any atom is -0.443 e. The van der Waals surface area contributed by atoms with Crippen LogP contribution >= 0.6 is 0 Å². The van der Waals surface area contributed by atoms with Crippen molar-refractivity contribution in [3.8, 4) is 0 Å². The first-order chi connectivity index (χ1) is 13.7. The molecule has 30 heavy (non-hydrogen) atoms. The van der Waals surface area contributed by atoms with E-state index in [0.717, 1.165) is 0 Å². The average molecular weight is 455 g/mol. The zero-order valence-electron chi connectivity index (χ0n) is 17.5. The number of anilines is 1. The highest BCUT2D eigenvalue weighted by Gasteiger charge is 2.25. The van der Waals surface area contributed by atoms with Gasteiger partial charge < -0.3 is 9.72 Å². The second kappa shape index (κ2) is 7.31. The molecule has 0 aliphatic heterocycles. The van der Waals surface area contributed by atoms with Crippen LogP contribution in [0.3, 0.4) is 0 Å². The number of carbonyl (C=O) groups is 1. The van der Waals surface area contributed by atoms with Crippen LogP contribution in [0.4, 0.5) is 14.9 Å². The van der Waals surface area contributed by atoms with E-state index in [2.05, 4.69) is 20.8 Å². The summed E-state index contributed by atoms with van der Waals surface area (Å²) in [6, 6.07) is 2.42. The summed E-state index contributed by atoms with van der Waals surface area (Å²) in [5.41, 5.74) is 0.0633. The van der Waals surface area contributed by atoms with Gasteiger partial charge in [0, 0.05) is 34.5 Å². The van der Waals surface area contributed by atoms with Crippen molar-refractivity contribution in [1.29, 1.82) is 0 Å². The van der Waals surface area contributed by atoms with Crippen LogP contribution in [0.1, 0.15) is 20.8 Å². The minimum atomic E-state index is -2.87. The first-order valence-electron chi connectivity index (χ1n) is 8.84. The number of H-pyrrole nitrogens is 1. The van der Waals surface area contributed by atoms with Gasteiger partial charge in [0.05, 0.1) is 27.4 Å². The number of rotatable bonds is 3. The first kappa shape index (κ1) is 22.2. The molecule has 1 amide bonds. The fraction of sp³-hybridized carbons (Fsp3) is 0.368. The second-order valence-corrected chi connectivity index (χ2v) is 11.7. The summed E-state index contributed by atoms with van der Waals surface area (Å²) in [5, 5.41) is 0.683. The summed E-state index contributed by atoms with van der Waals surface area (Å²) in [7, 11) is -2.95. The number of amides is 1. The van der Waals surface area contributed by atoms with Crippen LogP contribution in [0, 0.1) is 5.82 Å². The number of aromatic amines is 1. The molecule has 11 heteroatoms. The van der Waals surface area contributed by atoms with E-state index in [1.54, 1.807) is 20.8 Å². The van der Waals surface area contributed by atoms with E-state index in [-0.39, 0.29) is 21.5 Å². The molecule has 0 spiro atoms. The lowest BCUT2D eigenvalue weighted by Gasteiger charge is -2.25. The summed E-state index contributed by atoms with van der Waals surface area (Å²) >= 11 is 0. The lowest BCUT2D eigenvalue weighted by molar-refractivity contribution is 0.0589. The molecule has 162 valence electrons. The van der Waals surface area contributed by atoms with Gasteiger partial charge in [0.1, 0.15) is 22.1 Å². The lowest BCUT2D eigenvalue weighted by atomic mass is 10.1. The number of hydrogen-bond acceptors (Lipinski definition) is 6. The molecule has 2 heterocycles. The maximum absolute atomic E-state index is 14.5. The van der Waals surface area contributed by atoms with Crippen molar-refractivity contribution < 1.29 is 22.3 Å². The third-order valence-corrected chi connectivity index (χ3v) is 5.96. The molecule has 0 bridgehead atoms. The Morgan fingerprint density at radius 1 is 1.33 bits per heavy atom. The molecule has 0 saturated heterocycles. The molecule has 0 fully saturated rings. The van der Waals surface area contributed by atoms with Gasteiger partial charge in [0.15, 0.2) is 0 Å². The average Bonchev–Trinajstić information content (AvgIpc) is 2.95. The maximum Gasteiger partial charge on any atom is 0.414 e. The highest BCUT2D eigenvalue weighted by Crippen LogP contribution is 2.35. The lowest BCUT2D eigenvalue weighted by Crippen LogP contribution is -2.34. The SMILES string of the molecule is C=S(C)(=O)c1nc(S(C)=O)nc2[nH]c3c(N(C)C(=O)OC(C)(C)C)cc(F)cc3c12. The van der Waals surface area contributed by atoms with E-state index in [9.17, 15) is 17.6 Å². The molecular formula is C19H23FN4O4S2. The van der Waals surface area contributed by atoms with E-state index in [4.69, 9.17) is 4.74 Å². The molecule has 0 saturated carbocycles. The molecular weight excluding hydrogens is 431 g/mol. The van der Waals surface area contributed by atoms with E-state index >= 15 is 0 Å². The Balaban J connectivity index is 2.37. The zero-order chi connectivity index (χ0) is 22.6. The van der Waals surface area contributed by atoms with E-state index in [0.29, 0.717) is 16.3 Å². The van der Waals surface area contributed by atoms with Gasteiger partial charge in [-0.15, -0.1) is 0 Å². The fourth-order valence-electron chi connectivity index (χ4n) is 2.93. The third kappa shape index (κ3) is 4.17. The van der Waals surface area contributed by atoms with Crippen LogP contribution in [0.5, 0.6) is 0 Å². The van der Waals surface area contributed by atoms with Crippen molar-refractivity contribution in [2.24, 2.45) is 0 Å². The quantitative estimate of drug-likeness (QED) is 0.370. The Kier molecular flexibility index (Phi) is 5.40. The molecule has 0 aliphatic rings. The number of fused-ring (bicyclic) bond motifs is 3. The topological polar surface area (TPSA) is 105 Å². The molecule has 1 N–H and O–H groups in total. The summed E-state index contributed by atoms with van der Waals surface area (Å²) in [6.07, 6.45) is 2.12. The largest absolute Gasteiger partial charge is 0.443 e. The Morgan fingerprint density at radius 2 is 1.97 bits per heavy atom. The highest BCUT2D eigenvalue weighted by atomic mass is 32.2. The Bertz CT molecular complexity index is 1310. The molecule has 2 atom stereocenters. The third-order valence-electron chi connectivity index (χ3n) is 4.15. The van der Waals surface area contributed by atoms with Crippen LogP contribution in [-0.4, -0.2) is 60.5 Å². The number of carbonyl (C=O) groups excluding carboxylic acids is 1. The van der Waals surface area contributed by atoms with Gasteiger partial charge >= 0.3 is 6.09 Å². The number of hydrogen-bond donors (Lipinski definition) is 1. The van der Waals surface area contributed by atoms with E-state index < -0.39 is 37.8 Å². The summed E-state index contributed by atoms with van der Waals surface area (Å²) in [5.74, 6) is 3.06. The van der Waals surface area contributed by atoms with Crippen LogP contribution < -0.4 is 4.90 Å². The number of halogens is 1. The first-order valence-corrected chi connectivity index (χ1v) is 12.5. The molecule has 1 aromatic carbocycles. The standard InChI is InChI=1S/C19H23FN4O4S2/c1-19(2,3)28-18(25)24(4)12-9-10(20)8-11-13-15(21-14(11)12)22-17(29(5)26)23-16(13)30(6,7)27/h8-9H,6H2,1-5,7H3,(H,21,22,23). The van der Waals surface area contributed by atoms with Crippen LogP contribution in [-0.2, 0) is 25.1 Å². The van der Waals surface area contributed by atoms with Gasteiger partial charge in [-0.05, 0) is 38.8 Å². The normalized spacial score (nSPS) is 15.2. The van der Waals surface area contributed by atoms with Crippen molar-refractivity contribution in [2.75, 3.05) is 24.5 Å². The molecule has 8 nitrogen and oxygen atoms in total. The van der Waals surface area contributed by atoms with Gasteiger partial charge in [0.2, 0.25) is 5.16 Å². The van der Waals surface area contributed by atoms with Crippen LogP contribution in [0.2, 0.25) is 0 Å². The molecule has 3 rings (SSSR count). The molecule has 2 unspecified atom stereocenters. The molecule has 0 aliphatic carbocycles. The van der Waals surface area contributed by atoms with Gasteiger partial charge in [-0.1, -0.05) is 0 Å². The maximum atomic E-state index is 14.5. The van der Waals surface area contributed by atoms with E-state index in [1.807, 2.05) is 0 Å². The highest BCUT2D eigenvalue weighted by molar-refractivity contribution is 7.99. The van der Waals surface area contributed by atoms with Crippen LogP contribution in [0.25, 0.3) is 21.9 Å². The Morgan fingerprint density at radius 3 is 2.50 bits per heavy atom. The van der Waals surface area contributed by atoms with Crippen molar-refractivity contribution in [3.63, 3.8) is 0 Å². The zero-order valence-corrected chi connectivity index (χ0v) is 19.2. The molecule has 3 aromatic rings. The minimum absolute atomic E-state index is 0.0233. The van der Waals surface area contributed by atoms with Gasteiger partial charge in [-0.25, -0.2) is 19.2 Å². The van der Waals surface area contributed by atoms with Crippen molar-refractivity contribution in [2.45, 2.75) is 36.6 Å². The van der Waals surface area contributed by atoms with E-state index in [1.165, 1.54) is 36.6 Å². The predicted octanol–water partition coefficient (Wildman–Crippen LogP) is 3.06. The smallest absolute Gasteiger partial charge is 0.414 e. The van der Waals surface area contributed by atoms with Crippen molar-refractivity contribution in [1.82, 2.24) is 15.0 Å². The molecule has 0 radical (unpaired) electrons. The number of aromatic nitrogens is 3. The van der Waals surface area contributed by atoms with Gasteiger partial charge in [0.25, 0.3) is 0 Å². The summed E-state index contributed by atoms with van der Waals surface area (Å²) < 4.78 is 44.7. The van der Waals surface area contributed by atoms with Gasteiger partial charge in [-0.2, -0.15) is 0 Å². The second-order valence-electron chi connectivity index (χ2n) is 8.01. The van der Waals surface area contributed by atoms with Crippen LogP contribution in [0.15, 0.2) is 22.3 Å². The number of nitrogens with one attached hydrogen (secondary N) is 1. The summed E-state index contributed by atoms with van der Waals surface area (Å²) in [6.45, 7) is 5.18. The monoisotopic (exact) mass is 454 g/mol. The van der Waals surface area contributed by atoms with Gasteiger partial charge in [-0.3, -0.25) is 13.3 Å². The number of benzene rings is 1. The Labute approximate surface area is 176 Å². The summed E-state index contributed by atoms with van der Waals surface area (Å²) in [4.78, 5) is 25.2. The number of nitrogens with zero attached hydrogens (tertiary/aromatic N) is 3.